The van der Waals surface area contributed by atoms with Crippen molar-refractivity contribution in [2.24, 2.45) is 0 Å². The molecule has 0 aliphatic heterocycles. The second-order valence-corrected chi connectivity index (χ2v) is 8.31. The molecular weight excluding hydrogens is 428 g/mol. The predicted octanol–water partition coefficient (Wildman–Crippen LogP) is 4.49. The molecule has 1 N–H and O–H groups in total. The molecule has 1 aromatic heterocycles. The molecule has 0 bridgehead atoms. The van der Waals surface area contributed by atoms with Crippen LogP contribution < -0.4 is 10.9 Å². The number of aromatic nitrogens is 2. The monoisotopic (exact) mass is 446 g/mol. The largest absolute Gasteiger partial charge is 0.325 e. The van der Waals surface area contributed by atoms with Crippen LogP contribution in [0.25, 0.3) is 10.9 Å². The maximum atomic E-state index is 12.9. The van der Waals surface area contributed by atoms with E-state index in [-0.39, 0.29) is 17.2 Å². The van der Waals surface area contributed by atoms with Gasteiger partial charge in [-0.15, -0.1) is 0 Å². The molecule has 1 unspecified atom stereocenters. The highest BCUT2D eigenvalue weighted by Gasteiger charge is 2.20. The zero-order chi connectivity index (χ0) is 21.8. The lowest BCUT2D eigenvalue weighted by atomic mass is 10.2. The van der Waals surface area contributed by atoms with Gasteiger partial charge < -0.3 is 5.32 Å². The Morgan fingerprint density at radius 3 is 2.80 bits per heavy atom. The van der Waals surface area contributed by atoms with Gasteiger partial charge in [-0.05, 0) is 37.6 Å². The van der Waals surface area contributed by atoms with E-state index >= 15 is 0 Å². The lowest BCUT2D eigenvalue weighted by Gasteiger charge is -2.16. The van der Waals surface area contributed by atoms with E-state index in [4.69, 9.17) is 11.6 Å². The van der Waals surface area contributed by atoms with Crippen LogP contribution in [0.2, 0.25) is 5.02 Å². The van der Waals surface area contributed by atoms with Gasteiger partial charge in [-0.3, -0.25) is 24.3 Å². The van der Waals surface area contributed by atoms with Gasteiger partial charge in [0.1, 0.15) is 0 Å². The third kappa shape index (κ3) is 4.80. The fourth-order valence-corrected chi connectivity index (χ4v) is 3.94. The number of nitro groups is 1. The van der Waals surface area contributed by atoms with E-state index in [2.05, 4.69) is 10.3 Å². The molecule has 30 heavy (non-hydrogen) atoms. The number of fused-ring (bicyclic) bond motifs is 1. The first kappa shape index (κ1) is 21.8. The van der Waals surface area contributed by atoms with E-state index in [1.165, 1.54) is 18.2 Å². The molecule has 3 rings (SSSR count). The normalized spacial score (nSPS) is 12.0. The number of carbonyl (C=O) groups excluding carboxylic acids is 1. The van der Waals surface area contributed by atoms with Crippen LogP contribution in [0.1, 0.15) is 20.3 Å². The summed E-state index contributed by atoms with van der Waals surface area (Å²) in [4.78, 5) is 40.5. The molecule has 0 spiro atoms. The molecule has 1 amide bonds. The molecular formula is C20H19ClN4O4S. The van der Waals surface area contributed by atoms with Crippen LogP contribution in [-0.2, 0) is 11.3 Å². The summed E-state index contributed by atoms with van der Waals surface area (Å²) in [6.45, 7) is 4.10. The minimum atomic E-state index is -0.601. The molecule has 0 saturated carbocycles. The van der Waals surface area contributed by atoms with Gasteiger partial charge in [-0.1, -0.05) is 36.4 Å². The van der Waals surface area contributed by atoms with Gasteiger partial charge in [-0.2, -0.15) is 0 Å². The Balaban J connectivity index is 1.88. The second kappa shape index (κ2) is 9.27. The fourth-order valence-electron chi connectivity index (χ4n) is 2.84. The van der Waals surface area contributed by atoms with E-state index in [1.807, 2.05) is 6.92 Å². The van der Waals surface area contributed by atoms with Gasteiger partial charge in [-0.25, -0.2) is 4.98 Å². The Morgan fingerprint density at radius 2 is 2.10 bits per heavy atom. The number of nitrogens with zero attached hydrogens (tertiary/aromatic N) is 3. The van der Waals surface area contributed by atoms with Crippen LogP contribution in [0.5, 0.6) is 0 Å². The maximum Gasteiger partial charge on any atom is 0.271 e. The van der Waals surface area contributed by atoms with Crippen molar-refractivity contribution in [2.45, 2.75) is 37.2 Å². The minimum Gasteiger partial charge on any atom is -0.325 e. The summed E-state index contributed by atoms with van der Waals surface area (Å²) in [5, 5.41) is 14.3. The number of non-ortho nitro benzene ring substituents is 1. The van der Waals surface area contributed by atoms with Gasteiger partial charge >= 0.3 is 0 Å². The Bertz CT molecular complexity index is 1180. The van der Waals surface area contributed by atoms with Crippen molar-refractivity contribution in [3.8, 4) is 0 Å². The zero-order valence-electron chi connectivity index (χ0n) is 16.3. The quantitative estimate of drug-likeness (QED) is 0.248. The summed E-state index contributed by atoms with van der Waals surface area (Å²) in [7, 11) is 0. The van der Waals surface area contributed by atoms with Gasteiger partial charge in [0, 0.05) is 29.4 Å². The van der Waals surface area contributed by atoms with Gasteiger partial charge in [0.25, 0.3) is 11.2 Å². The number of carbonyl (C=O) groups is 1. The average molecular weight is 447 g/mol. The van der Waals surface area contributed by atoms with Crippen LogP contribution >= 0.6 is 23.4 Å². The van der Waals surface area contributed by atoms with E-state index in [0.29, 0.717) is 33.3 Å². The molecule has 8 nitrogen and oxygen atoms in total. The standard InChI is InChI=1S/C20H19ClN4O4S/c1-3-9-24-19(27)16-8-7-13(21)10-17(16)23-20(24)30-12(2)18(26)22-14-5-4-6-15(11-14)25(28)29/h4-8,10-12H,3,9H2,1-2H3,(H,22,26). The Labute approximate surface area is 181 Å². The Morgan fingerprint density at radius 1 is 1.33 bits per heavy atom. The molecule has 1 atom stereocenters. The maximum absolute atomic E-state index is 12.9. The summed E-state index contributed by atoms with van der Waals surface area (Å²) in [6.07, 6.45) is 0.725. The van der Waals surface area contributed by atoms with Gasteiger partial charge in [0.2, 0.25) is 5.91 Å². The first-order valence-corrected chi connectivity index (χ1v) is 10.5. The van der Waals surface area contributed by atoms with Crippen molar-refractivity contribution in [2.75, 3.05) is 5.32 Å². The van der Waals surface area contributed by atoms with Crippen LogP contribution in [-0.4, -0.2) is 25.6 Å². The van der Waals surface area contributed by atoms with Gasteiger partial charge in [0.05, 0.1) is 21.1 Å². The van der Waals surface area contributed by atoms with Crippen LogP contribution in [0.4, 0.5) is 11.4 Å². The molecule has 0 aliphatic carbocycles. The van der Waals surface area contributed by atoms with Crippen LogP contribution in [0.15, 0.2) is 52.4 Å². The van der Waals surface area contributed by atoms with Gasteiger partial charge in [0.15, 0.2) is 5.16 Å². The first-order chi connectivity index (χ1) is 14.3. The molecule has 1 heterocycles. The molecule has 156 valence electrons. The first-order valence-electron chi connectivity index (χ1n) is 9.22. The smallest absolute Gasteiger partial charge is 0.271 e. The SMILES string of the molecule is CCCn1c(SC(C)C(=O)Nc2cccc([N+](=O)[O-])c2)nc2cc(Cl)ccc2c1=O. The second-order valence-electron chi connectivity index (χ2n) is 6.57. The number of hydrogen-bond donors (Lipinski definition) is 1. The van der Waals surface area contributed by atoms with Crippen molar-refractivity contribution < 1.29 is 9.72 Å². The molecule has 0 radical (unpaired) electrons. The highest BCUT2D eigenvalue weighted by Crippen LogP contribution is 2.25. The number of nitro benzene ring substituents is 1. The number of amides is 1. The van der Waals surface area contributed by atoms with Crippen molar-refractivity contribution in [1.29, 1.82) is 0 Å². The lowest BCUT2D eigenvalue weighted by Crippen LogP contribution is -2.27. The van der Waals surface area contributed by atoms with E-state index < -0.39 is 10.2 Å². The molecule has 0 saturated heterocycles. The number of rotatable bonds is 7. The third-order valence-electron chi connectivity index (χ3n) is 4.31. The molecule has 10 heteroatoms. The van der Waals surface area contributed by atoms with E-state index in [0.717, 1.165) is 18.2 Å². The topological polar surface area (TPSA) is 107 Å². The Hall–Kier alpha value is -2.91. The predicted molar refractivity (Wildman–Crippen MR) is 118 cm³/mol. The molecule has 0 aliphatic rings. The lowest BCUT2D eigenvalue weighted by molar-refractivity contribution is -0.384. The number of nitrogens with one attached hydrogen (secondary N) is 1. The number of halogens is 1. The fraction of sp³-hybridized carbons (Fsp3) is 0.250. The summed E-state index contributed by atoms with van der Waals surface area (Å²) in [5.74, 6) is -0.357. The Kier molecular flexibility index (Phi) is 6.73. The van der Waals surface area contributed by atoms with Crippen molar-refractivity contribution >= 4 is 51.5 Å². The van der Waals surface area contributed by atoms with Crippen molar-refractivity contribution in [1.82, 2.24) is 9.55 Å². The van der Waals surface area contributed by atoms with Crippen LogP contribution in [0, 0.1) is 10.1 Å². The molecule has 2 aromatic carbocycles. The van der Waals surface area contributed by atoms with E-state index in [9.17, 15) is 19.7 Å². The highest BCUT2D eigenvalue weighted by atomic mass is 35.5. The van der Waals surface area contributed by atoms with Crippen LogP contribution in [0.3, 0.4) is 0 Å². The zero-order valence-corrected chi connectivity index (χ0v) is 17.9. The average Bonchev–Trinajstić information content (AvgIpc) is 2.70. The van der Waals surface area contributed by atoms with E-state index in [1.54, 1.807) is 35.8 Å². The summed E-state index contributed by atoms with van der Waals surface area (Å²) < 4.78 is 1.55. The highest BCUT2D eigenvalue weighted by molar-refractivity contribution is 8.00. The molecule has 3 aromatic rings. The third-order valence-corrected chi connectivity index (χ3v) is 5.63. The van der Waals surface area contributed by atoms with Crippen molar-refractivity contribution in [3.63, 3.8) is 0 Å². The number of anilines is 1. The summed E-state index contributed by atoms with van der Waals surface area (Å²) in [5.41, 5.74) is 0.491. The summed E-state index contributed by atoms with van der Waals surface area (Å²) >= 11 is 7.18. The number of hydrogen-bond acceptors (Lipinski definition) is 6. The minimum absolute atomic E-state index is 0.113. The number of benzene rings is 2. The number of thioether (sulfide) groups is 1. The molecule has 0 fully saturated rings. The van der Waals surface area contributed by atoms with Crippen molar-refractivity contribution in [3.05, 3.63) is 68.0 Å². The summed E-state index contributed by atoms with van der Waals surface area (Å²) in [6, 6.07) is 10.6.